The van der Waals surface area contributed by atoms with Gasteiger partial charge in [-0.1, -0.05) is 12.4 Å². The van der Waals surface area contributed by atoms with Crippen molar-refractivity contribution in [3.05, 3.63) is 12.1 Å². The molecule has 0 saturated carbocycles. The molecule has 0 spiro atoms. The Hall–Kier alpha value is 0.965. The lowest BCUT2D eigenvalue weighted by molar-refractivity contribution is 1.71. The lowest BCUT2D eigenvalue weighted by Gasteiger charge is -1.90. The Balaban J connectivity index is 3.26. The largest absolute Gasteiger partial charge is 0.266 e. The van der Waals surface area contributed by atoms with Gasteiger partial charge < -0.3 is 0 Å². The van der Waals surface area contributed by atoms with Gasteiger partial charge in [0.1, 0.15) is 0 Å². The van der Waals surface area contributed by atoms with Crippen LogP contribution in [0.2, 0.25) is 0 Å². The van der Waals surface area contributed by atoms with Crippen LogP contribution in [0.5, 0.6) is 0 Å². The van der Waals surface area contributed by atoms with Gasteiger partial charge in [-0.3, -0.25) is 0 Å². The van der Waals surface area contributed by atoms with Crippen LogP contribution in [0.4, 0.5) is 0 Å². The van der Waals surface area contributed by atoms with Crippen LogP contribution in [-0.2, 0) is 0 Å². The third-order valence-corrected chi connectivity index (χ3v) is 2.10. The van der Waals surface area contributed by atoms with Crippen molar-refractivity contribution < 1.29 is 0 Å². The first-order chi connectivity index (χ1) is 2.64. The third-order valence-electron chi connectivity index (χ3n) is 0.471. The average molecular weight is 212 g/mol. The maximum Gasteiger partial charge on any atom is 0.266 e. The van der Waals surface area contributed by atoms with E-state index in [1.165, 1.54) is 5.47 Å². The minimum Gasteiger partial charge on any atom is -0.154 e. The number of halogens is 1. The fraction of sp³-hybridized carbons (Fsp3) is 0.333. The first-order valence-corrected chi connectivity index (χ1v) is 3.61. The van der Waals surface area contributed by atoms with E-state index in [4.69, 9.17) is 0 Å². The Morgan fingerprint density at radius 3 is 2.17 bits per heavy atom. The van der Waals surface area contributed by atoms with E-state index in [0.717, 1.165) is 0 Å². The van der Waals surface area contributed by atoms with Gasteiger partial charge in [0.2, 0.25) is 0 Å². The second-order valence-electron chi connectivity index (χ2n) is 1.25. The summed E-state index contributed by atoms with van der Waals surface area (Å²) in [5.74, 6) is 0. The van der Waals surface area contributed by atoms with Crippen LogP contribution in [0.3, 0.4) is 0 Å². The smallest absolute Gasteiger partial charge is 0.154 e. The third kappa shape index (κ3) is 3.17. The summed E-state index contributed by atoms with van der Waals surface area (Å²) >= 11 is 2.30. The number of rotatable bonds is 1. The fourth-order valence-corrected chi connectivity index (χ4v) is 0. The highest BCUT2D eigenvalue weighted by atomic mass is 127. The molecule has 0 bridgehead atoms. The lowest BCUT2D eigenvalue weighted by Crippen LogP contribution is -1.88. The Kier molecular flexibility index (Phi) is 3.52. The van der Waals surface area contributed by atoms with Crippen molar-refractivity contribution >= 4 is 35.8 Å². The second-order valence-corrected chi connectivity index (χ2v) is 4.61. The van der Waals surface area contributed by atoms with Gasteiger partial charge in [-0.25, -0.2) is 0 Å². The molecule has 0 fully saturated rings. The molecule has 0 aliphatic heterocycles. The minimum atomic E-state index is 0.544. The van der Waals surface area contributed by atoms with Crippen LogP contribution in [0, 0.1) is 0 Å². The van der Waals surface area contributed by atoms with Crippen LogP contribution in [0.25, 0.3) is 0 Å². The van der Waals surface area contributed by atoms with Crippen LogP contribution in [0.1, 0.15) is 6.92 Å². The van der Waals surface area contributed by atoms with E-state index in [1.54, 1.807) is 0 Å². The molecule has 0 nitrogen and oxygen atoms in total. The molecule has 0 aliphatic rings. The molecule has 0 rings (SSSR count). The Morgan fingerprint density at radius 2 is 2.17 bits per heavy atom. The number of hydrogen-bond donors (Lipinski definition) is 0. The van der Waals surface area contributed by atoms with E-state index in [9.17, 15) is 0 Å². The van der Waals surface area contributed by atoms with E-state index >= 15 is 0 Å². The van der Waals surface area contributed by atoms with Crippen LogP contribution >= 0.6 is 31.5 Å². The van der Waals surface area contributed by atoms with E-state index in [2.05, 4.69) is 38.1 Å². The second kappa shape index (κ2) is 3.03. The Bertz CT molecular complexity index is 61.8. The van der Waals surface area contributed by atoms with Crippen molar-refractivity contribution in [2.45, 2.75) is 6.92 Å². The zero-order chi connectivity index (χ0) is 5.15. The van der Waals surface area contributed by atoms with Gasteiger partial charge in [0, 0.05) is 0 Å². The van der Waals surface area contributed by atoms with E-state index in [1.807, 2.05) is 6.92 Å². The van der Waals surface area contributed by atoms with Crippen LogP contribution < -0.4 is 0 Å². The molecule has 1 unspecified atom stereocenters. The number of hydrogen-bond acceptors (Lipinski definition) is 0. The average Bonchev–Trinajstić information content (AvgIpc) is 1.36. The van der Waals surface area contributed by atoms with Crippen LogP contribution in [0.15, 0.2) is 12.1 Å². The van der Waals surface area contributed by atoms with E-state index in [-0.39, 0.29) is 0 Å². The molecule has 3 heteroatoms. The Morgan fingerprint density at radius 1 is 2.00 bits per heavy atom. The summed E-state index contributed by atoms with van der Waals surface area (Å²) in [5.41, 5.74) is 1.21. The predicted octanol–water partition coefficient (Wildman–Crippen LogP) is 1.90. The van der Waals surface area contributed by atoms with Crippen molar-refractivity contribution in [2.75, 3.05) is 0 Å². The molecule has 0 aliphatic carbocycles. The number of allylic oxidation sites excluding steroid dienone is 1. The summed E-state index contributed by atoms with van der Waals surface area (Å²) in [6, 6.07) is 0. The van der Waals surface area contributed by atoms with Crippen LogP contribution in [-0.4, -0.2) is 4.29 Å². The monoisotopic (exact) mass is 212 g/mol. The lowest BCUT2D eigenvalue weighted by atomic mass is 9.98. The van der Waals surface area contributed by atoms with Gasteiger partial charge in [-0.05, 0) is 0 Å². The Labute approximate surface area is 54.9 Å². The molecular weight excluding hydrogens is 205 g/mol. The summed E-state index contributed by atoms with van der Waals surface area (Å²) in [4.78, 5) is 0. The molecule has 0 aromatic carbocycles. The molecular formula is C3H7BIP. The molecule has 34 valence electrons. The summed E-state index contributed by atoms with van der Waals surface area (Å²) in [6.07, 6.45) is 0. The quantitative estimate of drug-likeness (QED) is 0.353. The molecule has 0 saturated heterocycles. The van der Waals surface area contributed by atoms with Crippen molar-refractivity contribution in [1.29, 1.82) is 0 Å². The molecule has 0 heterocycles. The maximum absolute atomic E-state index is 3.73. The molecule has 0 radical (unpaired) electrons. The van der Waals surface area contributed by atoms with Crippen molar-refractivity contribution in [3.8, 4) is 0 Å². The molecule has 0 aromatic heterocycles. The minimum absolute atomic E-state index is 0.544. The molecule has 1 atom stereocenters. The SMILES string of the molecule is C=C(C)B(P)I. The van der Waals surface area contributed by atoms with E-state index < -0.39 is 0 Å². The predicted molar refractivity (Wildman–Crippen MR) is 44.3 cm³/mol. The van der Waals surface area contributed by atoms with Crippen molar-refractivity contribution in [2.24, 2.45) is 0 Å². The normalized spacial score (nSPS) is 7.83. The zero-order valence-electron chi connectivity index (χ0n) is 3.74. The van der Waals surface area contributed by atoms with Gasteiger partial charge in [-0.15, -0.1) is 29.0 Å². The van der Waals surface area contributed by atoms with Gasteiger partial charge in [0.25, 0.3) is 4.29 Å². The van der Waals surface area contributed by atoms with Gasteiger partial charge in [0.15, 0.2) is 0 Å². The molecule has 0 aromatic rings. The highest BCUT2D eigenvalue weighted by Gasteiger charge is 1.97. The first kappa shape index (κ1) is 6.96. The van der Waals surface area contributed by atoms with Crippen molar-refractivity contribution in [3.63, 3.8) is 0 Å². The highest BCUT2D eigenvalue weighted by Crippen LogP contribution is 2.10. The van der Waals surface area contributed by atoms with Crippen molar-refractivity contribution in [1.82, 2.24) is 0 Å². The molecule has 6 heavy (non-hydrogen) atoms. The summed E-state index contributed by atoms with van der Waals surface area (Å²) in [6.45, 7) is 5.74. The fourth-order valence-electron chi connectivity index (χ4n) is 0. The van der Waals surface area contributed by atoms with E-state index in [0.29, 0.717) is 4.29 Å². The van der Waals surface area contributed by atoms with Gasteiger partial charge in [-0.2, -0.15) is 9.12 Å². The molecule has 0 N–H and O–H groups in total. The summed E-state index contributed by atoms with van der Waals surface area (Å²) < 4.78 is 0.544. The topological polar surface area (TPSA) is 0 Å². The van der Waals surface area contributed by atoms with Gasteiger partial charge in [0.05, 0.1) is 0 Å². The molecule has 0 amide bonds. The summed E-state index contributed by atoms with van der Waals surface area (Å²) in [7, 11) is 2.66. The zero-order valence-corrected chi connectivity index (χ0v) is 7.05. The maximum atomic E-state index is 3.73. The first-order valence-electron chi connectivity index (χ1n) is 1.69. The van der Waals surface area contributed by atoms with Gasteiger partial charge >= 0.3 is 0 Å². The standard InChI is InChI=1S/C3H7BIP/c1-3(2)4(5)6/h1,6H2,2H3. The highest BCUT2D eigenvalue weighted by molar-refractivity contribution is 14.1. The summed E-state index contributed by atoms with van der Waals surface area (Å²) in [5, 5.41) is 0.